The third-order valence-electron chi connectivity index (χ3n) is 2.69. The molecular formula is C12H29NOS2Si. The Kier molecular flexibility index (Phi) is 10.2. The summed E-state index contributed by atoms with van der Waals surface area (Å²) in [4.78, 5) is 0. The summed E-state index contributed by atoms with van der Waals surface area (Å²) in [6, 6.07) is 1.20. The topological polar surface area (TPSA) is 12.5 Å². The maximum absolute atomic E-state index is 5.54. The Morgan fingerprint density at radius 3 is 2.00 bits per heavy atom. The fourth-order valence-corrected chi connectivity index (χ4v) is 6.15. The van der Waals surface area contributed by atoms with Gasteiger partial charge in [0.05, 0.1) is 8.80 Å². The molecule has 0 amide bonds. The van der Waals surface area contributed by atoms with Gasteiger partial charge in [-0.1, -0.05) is 23.9 Å². The number of methoxy groups -OCH3 is 1. The Labute approximate surface area is 117 Å². The first-order valence-corrected chi connectivity index (χ1v) is 11.8. The van der Waals surface area contributed by atoms with Crippen molar-refractivity contribution in [3.8, 4) is 0 Å². The van der Waals surface area contributed by atoms with Crippen LogP contribution in [0.4, 0.5) is 0 Å². The molecule has 0 rings (SSSR count). The molecule has 0 saturated heterocycles. The molecule has 5 heteroatoms. The van der Waals surface area contributed by atoms with Crippen LogP contribution in [0.2, 0.25) is 13.1 Å². The van der Waals surface area contributed by atoms with E-state index in [0.29, 0.717) is 17.8 Å². The number of hydrogen-bond acceptors (Lipinski definition) is 4. The van der Waals surface area contributed by atoms with Crippen LogP contribution in [0.1, 0.15) is 34.1 Å². The minimum atomic E-state index is -0.651. The summed E-state index contributed by atoms with van der Waals surface area (Å²) in [5.74, 6) is 1.18. The average molecular weight is 296 g/mol. The quantitative estimate of drug-likeness (QED) is 0.277. The lowest BCUT2D eigenvalue weighted by molar-refractivity contribution is 0.159. The molecule has 0 spiro atoms. The van der Waals surface area contributed by atoms with Crippen LogP contribution in [-0.4, -0.2) is 43.8 Å². The first-order valence-electron chi connectivity index (χ1n) is 6.50. The van der Waals surface area contributed by atoms with E-state index >= 15 is 0 Å². The third-order valence-corrected chi connectivity index (χ3v) is 7.64. The van der Waals surface area contributed by atoms with Crippen molar-refractivity contribution in [3.05, 3.63) is 0 Å². The molecule has 0 aromatic heterocycles. The maximum Gasteiger partial charge on any atom is 0.0656 e. The van der Waals surface area contributed by atoms with E-state index in [-0.39, 0.29) is 0 Å². The number of rotatable bonds is 9. The monoisotopic (exact) mass is 295 g/mol. The first kappa shape index (κ1) is 17.8. The lowest BCUT2D eigenvalue weighted by Gasteiger charge is -2.28. The van der Waals surface area contributed by atoms with Gasteiger partial charge in [-0.15, -0.1) is 0 Å². The molecule has 0 radical (unpaired) electrons. The molecule has 0 bridgehead atoms. The lowest BCUT2D eigenvalue weighted by Crippen LogP contribution is -2.30. The summed E-state index contributed by atoms with van der Waals surface area (Å²) in [5.41, 5.74) is 0.537. The number of ether oxygens (including phenoxy) is 1. The number of nitrogens with zero attached hydrogens (tertiary/aromatic N) is 1. The van der Waals surface area contributed by atoms with Gasteiger partial charge in [-0.3, -0.25) is 0 Å². The van der Waals surface area contributed by atoms with E-state index in [9.17, 15) is 0 Å². The van der Waals surface area contributed by atoms with Gasteiger partial charge in [0.15, 0.2) is 0 Å². The SMILES string of the molecule is COC(CCSSN(C(C)C)C(C)C)[SiH](C)C. The van der Waals surface area contributed by atoms with E-state index in [1.165, 1.54) is 12.2 Å². The normalized spacial score (nSPS) is 14.3. The standard InChI is InChI=1S/C12H29NOS2Si/c1-10(2)13(11(3)4)16-15-9-8-12(14-5)17(6)7/h10-12,17H,8-9H2,1-7H3. The van der Waals surface area contributed by atoms with Gasteiger partial charge in [-0.25, -0.2) is 4.31 Å². The van der Waals surface area contributed by atoms with Crippen LogP contribution in [0.3, 0.4) is 0 Å². The van der Waals surface area contributed by atoms with Crippen LogP contribution < -0.4 is 0 Å². The van der Waals surface area contributed by atoms with E-state index in [1.54, 1.807) is 0 Å². The van der Waals surface area contributed by atoms with E-state index < -0.39 is 8.80 Å². The van der Waals surface area contributed by atoms with Crippen LogP contribution in [0.15, 0.2) is 0 Å². The molecule has 0 aliphatic heterocycles. The van der Waals surface area contributed by atoms with Gasteiger partial charge in [-0.05, 0) is 45.1 Å². The third kappa shape index (κ3) is 7.77. The van der Waals surface area contributed by atoms with E-state index in [2.05, 4.69) is 45.1 Å². The van der Waals surface area contributed by atoms with Crippen molar-refractivity contribution >= 4 is 30.6 Å². The molecule has 0 fully saturated rings. The maximum atomic E-state index is 5.54. The second kappa shape index (κ2) is 9.73. The highest BCUT2D eigenvalue weighted by Crippen LogP contribution is 2.31. The van der Waals surface area contributed by atoms with Crippen molar-refractivity contribution < 1.29 is 4.74 Å². The minimum absolute atomic E-state index is 0.537. The Morgan fingerprint density at radius 1 is 1.12 bits per heavy atom. The Balaban J connectivity index is 3.82. The molecule has 0 aliphatic rings. The highest BCUT2D eigenvalue weighted by molar-refractivity contribution is 8.75. The zero-order valence-electron chi connectivity index (χ0n) is 12.4. The molecule has 2 nitrogen and oxygen atoms in total. The smallest absolute Gasteiger partial charge is 0.0656 e. The lowest BCUT2D eigenvalue weighted by atomic mass is 10.3. The highest BCUT2D eigenvalue weighted by Gasteiger charge is 2.16. The van der Waals surface area contributed by atoms with Crippen molar-refractivity contribution in [3.63, 3.8) is 0 Å². The predicted octanol–water partition coefficient (Wildman–Crippen LogP) is 3.83. The molecule has 104 valence electrons. The summed E-state index contributed by atoms with van der Waals surface area (Å²) >= 11 is 0. The molecule has 0 aromatic carbocycles. The second-order valence-corrected chi connectivity index (χ2v) is 10.9. The molecule has 0 heterocycles. The van der Waals surface area contributed by atoms with Crippen LogP contribution in [0.25, 0.3) is 0 Å². The van der Waals surface area contributed by atoms with Crippen LogP contribution >= 0.6 is 21.8 Å². The number of hydrogen-bond donors (Lipinski definition) is 0. The van der Waals surface area contributed by atoms with Gasteiger partial charge in [-0.2, -0.15) is 0 Å². The molecule has 0 N–H and O–H groups in total. The van der Waals surface area contributed by atoms with Gasteiger partial charge >= 0.3 is 0 Å². The molecular weight excluding hydrogens is 266 g/mol. The van der Waals surface area contributed by atoms with Gasteiger partial charge < -0.3 is 4.74 Å². The molecule has 0 aromatic rings. The molecule has 17 heavy (non-hydrogen) atoms. The molecule has 0 saturated carbocycles. The minimum Gasteiger partial charge on any atom is -0.385 e. The molecule has 1 unspecified atom stereocenters. The van der Waals surface area contributed by atoms with E-state index in [4.69, 9.17) is 4.74 Å². The van der Waals surface area contributed by atoms with E-state index in [0.717, 1.165) is 0 Å². The van der Waals surface area contributed by atoms with Crippen molar-refractivity contribution in [2.45, 2.75) is 65.0 Å². The predicted molar refractivity (Wildman–Crippen MR) is 86.5 cm³/mol. The van der Waals surface area contributed by atoms with Crippen molar-refractivity contribution in [2.24, 2.45) is 0 Å². The largest absolute Gasteiger partial charge is 0.385 e. The Hall–Kier alpha value is 0.837. The second-order valence-electron chi connectivity index (χ2n) is 5.25. The van der Waals surface area contributed by atoms with Gasteiger partial charge in [0.1, 0.15) is 0 Å². The van der Waals surface area contributed by atoms with Crippen LogP contribution in [0, 0.1) is 0 Å². The zero-order valence-corrected chi connectivity index (χ0v) is 15.2. The zero-order chi connectivity index (χ0) is 13.4. The summed E-state index contributed by atoms with van der Waals surface area (Å²) in [6.07, 6.45) is 1.20. The Bertz CT molecular complexity index is 183. The van der Waals surface area contributed by atoms with E-state index in [1.807, 2.05) is 28.9 Å². The van der Waals surface area contributed by atoms with Crippen molar-refractivity contribution in [1.82, 2.24) is 4.31 Å². The van der Waals surface area contributed by atoms with Crippen molar-refractivity contribution in [2.75, 3.05) is 12.9 Å². The van der Waals surface area contributed by atoms with Crippen LogP contribution in [0.5, 0.6) is 0 Å². The van der Waals surface area contributed by atoms with Crippen LogP contribution in [-0.2, 0) is 4.74 Å². The van der Waals surface area contributed by atoms with Gasteiger partial charge in [0.2, 0.25) is 0 Å². The fraction of sp³-hybridized carbons (Fsp3) is 1.00. The fourth-order valence-electron chi connectivity index (χ4n) is 1.75. The molecule has 1 atom stereocenters. The highest BCUT2D eigenvalue weighted by atomic mass is 33.1. The summed E-state index contributed by atoms with van der Waals surface area (Å²) in [5, 5.41) is 0. The average Bonchev–Trinajstić information content (AvgIpc) is 2.21. The summed E-state index contributed by atoms with van der Waals surface area (Å²) in [7, 11) is 5.08. The molecule has 0 aliphatic carbocycles. The van der Waals surface area contributed by atoms with Gasteiger partial charge in [0, 0.05) is 30.7 Å². The summed E-state index contributed by atoms with van der Waals surface area (Å²) < 4.78 is 8.00. The Morgan fingerprint density at radius 2 is 1.65 bits per heavy atom. The van der Waals surface area contributed by atoms with Gasteiger partial charge in [0.25, 0.3) is 0 Å². The summed E-state index contributed by atoms with van der Waals surface area (Å²) in [6.45, 7) is 13.7. The first-order chi connectivity index (χ1) is 7.90. The van der Waals surface area contributed by atoms with Crippen molar-refractivity contribution in [1.29, 1.82) is 0 Å².